The summed E-state index contributed by atoms with van der Waals surface area (Å²) in [6.45, 7) is 8.11. The first-order chi connectivity index (χ1) is 9.43. The van der Waals surface area contributed by atoms with Crippen LogP contribution in [0.2, 0.25) is 0 Å². The maximum Gasteiger partial charge on any atom is 0.135 e. The standard InChI is InChI=1S/C16H21N3O/c1-9(2)12-6-7-14(20-5)13(8-12)15-10(3)18-11(4)19-16(15)17/h6-9H,1-5H3,(H2,17,18,19). The second kappa shape index (κ2) is 5.49. The van der Waals surface area contributed by atoms with Gasteiger partial charge in [0.15, 0.2) is 0 Å². The molecule has 0 amide bonds. The second-order valence-corrected chi connectivity index (χ2v) is 5.23. The summed E-state index contributed by atoms with van der Waals surface area (Å²) < 4.78 is 5.46. The fourth-order valence-corrected chi connectivity index (χ4v) is 2.35. The summed E-state index contributed by atoms with van der Waals surface area (Å²) in [6, 6.07) is 6.16. The first-order valence-corrected chi connectivity index (χ1v) is 6.73. The van der Waals surface area contributed by atoms with Gasteiger partial charge in [-0.3, -0.25) is 0 Å². The largest absolute Gasteiger partial charge is 0.496 e. The van der Waals surface area contributed by atoms with Crippen LogP contribution >= 0.6 is 0 Å². The minimum atomic E-state index is 0.438. The van der Waals surface area contributed by atoms with Crippen LogP contribution in [0.15, 0.2) is 18.2 Å². The normalized spacial score (nSPS) is 10.9. The van der Waals surface area contributed by atoms with E-state index in [-0.39, 0.29) is 0 Å². The van der Waals surface area contributed by atoms with Crippen molar-refractivity contribution in [2.45, 2.75) is 33.6 Å². The first kappa shape index (κ1) is 14.3. The Bertz CT molecular complexity index is 613. The third kappa shape index (κ3) is 2.59. The topological polar surface area (TPSA) is 61.0 Å². The molecule has 0 aliphatic heterocycles. The van der Waals surface area contributed by atoms with Crippen molar-refractivity contribution in [3.05, 3.63) is 35.3 Å². The smallest absolute Gasteiger partial charge is 0.135 e. The van der Waals surface area contributed by atoms with Crippen molar-refractivity contribution in [1.82, 2.24) is 9.97 Å². The van der Waals surface area contributed by atoms with Crippen LogP contribution in [0.4, 0.5) is 5.82 Å². The van der Waals surface area contributed by atoms with Crippen LogP contribution in [-0.2, 0) is 0 Å². The molecule has 0 saturated heterocycles. The van der Waals surface area contributed by atoms with Gasteiger partial charge < -0.3 is 10.5 Å². The highest BCUT2D eigenvalue weighted by molar-refractivity contribution is 5.80. The van der Waals surface area contributed by atoms with Crippen molar-refractivity contribution in [1.29, 1.82) is 0 Å². The Labute approximate surface area is 120 Å². The zero-order chi connectivity index (χ0) is 14.9. The van der Waals surface area contributed by atoms with E-state index in [9.17, 15) is 0 Å². The lowest BCUT2D eigenvalue weighted by atomic mass is 9.96. The van der Waals surface area contributed by atoms with Crippen LogP contribution < -0.4 is 10.5 Å². The summed E-state index contributed by atoms with van der Waals surface area (Å²) >= 11 is 0. The molecule has 2 aromatic rings. The number of nitrogens with two attached hydrogens (primary N) is 1. The van der Waals surface area contributed by atoms with Crippen molar-refractivity contribution in [2.75, 3.05) is 12.8 Å². The van der Waals surface area contributed by atoms with Gasteiger partial charge in [-0.05, 0) is 37.5 Å². The molecule has 1 heterocycles. The van der Waals surface area contributed by atoms with E-state index in [2.05, 4.69) is 35.9 Å². The second-order valence-electron chi connectivity index (χ2n) is 5.23. The van der Waals surface area contributed by atoms with E-state index in [0.717, 1.165) is 22.6 Å². The maximum absolute atomic E-state index is 6.10. The summed E-state index contributed by atoms with van der Waals surface area (Å²) in [7, 11) is 1.66. The van der Waals surface area contributed by atoms with Gasteiger partial charge in [0.1, 0.15) is 17.4 Å². The zero-order valence-corrected chi connectivity index (χ0v) is 12.7. The van der Waals surface area contributed by atoms with Crippen LogP contribution in [0, 0.1) is 13.8 Å². The van der Waals surface area contributed by atoms with Crippen molar-refractivity contribution in [3.8, 4) is 16.9 Å². The van der Waals surface area contributed by atoms with Gasteiger partial charge in [-0.15, -0.1) is 0 Å². The number of aryl methyl sites for hydroxylation is 2. The Morgan fingerprint density at radius 3 is 2.40 bits per heavy atom. The minimum Gasteiger partial charge on any atom is -0.496 e. The van der Waals surface area contributed by atoms with Crippen LogP contribution in [0.5, 0.6) is 5.75 Å². The van der Waals surface area contributed by atoms with Gasteiger partial charge in [-0.1, -0.05) is 19.9 Å². The van der Waals surface area contributed by atoms with Gasteiger partial charge in [0, 0.05) is 11.1 Å². The third-order valence-electron chi connectivity index (χ3n) is 3.39. The summed E-state index contributed by atoms with van der Waals surface area (Å²) in [6.07, 6.45) is 0. The van der Waals surface area contributed by atoms with E-state index < -0.39 is 0 Å². The van der Waals surface area contributed by atoms with Crippen LogP contribution in [-0.4, -0.2) is 17.1 Å². The Morgan fingerprint density at radius 2 is 1.85 bits per heavy atom. The maximum atomic E-state index is 6.10. The number of benzene rings is 1. The molecule has 0 aliphatic rings. The molecule has 20 heavy (non-hydrogen) atoms. The van der Waals surface area contributed by atoms with Crippen LogP contribution in [0.25, 0.3) is 11.1 Å². The van der Waals surface area contributed by atoms with Crippen molar-refractivity contribution in [2.24, 2.45) is 0 Å². The molecule has 0 saturated carbocycles. The molecule has 2 N–H and O–H groups in total. The number of rotatable bonds is 3. The predicted octanol–water partition coefficient (Wildman–Crippen LogP) is 3.47. The van der Waals surface area contributed by atoms with Gasteiger partial charge >= 0.3 is 0 Å². The van der Waals surface area contributed by atoms with Crippen LogP contribution in [0.1, 0.15) is 36.8 Å². The van der Waals surface area contributed by atoms with Gasteiger partial charge in [-0.2, -0.15) is 0 Å². The number of methoxy groups -OCH3 is 1. The highest BCUT2D eigenvalue weighted by Gasteiger charge is 2.16. The number of nitrogen functional groups attached to an aromatic ring is 1. The van der Waals surface area contributed by atoms with E-state index in [4.69, 9.17) is 10.5 Å². The molecule has 2 rings (SSSR count). The molecule has 0 fully saturated rings. The van der Waals surface area contributed by atoms with Gasteiger partial charge in [-0.25, -0.2) is 9.97 Å². The fourth-order valence-electron chi connectivity index (χ4n) is 2.35. The third-order valence-corrected chi connectivity index (χ3v) is 3.39. The molecule has 1 aromatic carbocycles. The molecule has 0 atom stereocenters. The Hall–Kier alpha value is -2.10. The quantitative estimate of drug-likeness (QED) is 0.928. The Morgan fingerprint density at radius 1 is 1.15 bits per heavy atom. The van der Waals surface area contributed by atoms with Crippen molar-refractivity contribution >= 4 is 5.82 Å². The molecule has 0 bridgehead atoms. The van der Waals surface area contributed by atoms with Gasteiger partial charge in [0.2, 0.25) is 0 Å². The average Bonchev–Trinajstić information content (AvgIpc) is 2.37. The highest BCUT2D eigenvalue weighted by Crippen LogP contribution is 2.36. The molecular weight excluding hydrogens is 250 g/mol. The van der Waals surface area contributed by atoms with Gasteiger partial charge in [0.25, 0.3) is 0 Å². The molecule has 4 nitrogen and oxygen atoms in total. The number of hydrogen-bond acceptors (Lipinski definition) is 4. The molecular formula is C16H21N3O. The summed E-state index contributed by atoms with van der Waals surface area (Å²) in [5.74, 6) is 2.40. The molecule has 0 spiro atoms. The molecule has 106 valence electrons. The molecule has 0 unspecified atom stereocenters. The number of nitrogens with zero attached hydrogens (tertiary/aromatic N) is 2. The Balaban J connectivity index is 2.70. The highest BCUT2D eigenvalue weighted by atomic mass is 16.5. The fraction of sp³-hybridized carbons (Fsp3) is 0.375. The van der Waals surface area contributed by atoms with E-state index in [0.29, 0.717) is 17.6 Å². The monoisotopic (exact) mass is 271 g/mol. The van der Waals surface area contributed by atoms with E-state index in [1.54, 1.807) is 7.11 Å². The lowest BCUT2D eigenvalue weighted by Crippen LogP contribution is -2.03. The summed E-state index contributed by atoms with van der Waals surface area (Å²) in [5.41, 5.74) is 10.0. The molecule has 1 aromatic heterocycles. The lowest BCUT2D eigenvalue weighted by Gasteiger charge is -2.15. The number of ether oxygens (including phenoxy) is 1. The first-order valence-electron chi connectivity index (χ1n) is 6.73. The SMILES string of the molecule is COc1ccc(C(C)C)cc1-c1c(C)nc(C)nc1N. The lowest BCUT2D eigenvalue weighted by molar-refractivity contribution is 0.416. The van der Waals surface area contributed by atoms with E-state index >= 15 is 0 Å². The zero-order valence-electron chi connectivity index (χ0n) is 12.7. The minimum absolute atomic E-state index is 0.438. The molecule has 0 radical (unpaired) electrons. The Kier molecular flexibility index (Phi) is 3.93. The van der Waals surface area contributed by atoms with E-state index in [1.807, 2.05) is 19.9 Å². The summed E-state index contributed by atoms with van der Waals surface area (Å²) in [5, 5.41) is 0. The molecule has 0 aliphatic carbocycles. The number of hydrogen-bond donors (Lipinski definition) is 1. The predicted molar refractivity (Wildman–Crippen MR) is 82.0 cm³/mol. The number of aromatic nitrogens is 2. The van der Waals surface area contributed by atoms with Gasteiger partial charge in [0.05, 0.1) is 12.8 Å². The number of anilines is 1. The summed E-state index contributed by atoms with van der Waals surface area (Å²) in [4.78, 5) is 8.69. The van der Waals surface area contributed by atoms with Crippen molar-refractivity contribution in [3.63, 3.8) is 0 Å². The van der Waals surface area contributed by atoms with Crippen molar-refractivity contribution < 1.29 is 4.74 Å². The van der Waals surface area contributed by atoms with Crippen LogP contribution in [0.3, 0.4) is 0 Å². The average molecular weight is 271 g/mol. The van der Waals surface area contributed by atoms with E-state index in [1.165, 1.54) is 5.56 Å². The molecule has 4 heteroatoms.